The summed E-state index contributed by atoms with van der Waals surface area (Å²) < 4.78 is 27.4. The molecule has 3 rings (SSSR count). The van der Waals surface area contributed by atoms with Crippen molar-refractivity contribution in [3.8, 4) is 0 Å². The molecule has 1 aromatic heterocycles. The molecule has 2 aromatic carbocycles. The fourth-order valence-electron chi connectivity index (χ4n) is 2.53. The molecule has 0 aliphatic heterocycles. The van der Waals surface area contributed by atoms with Gasteiger partial charge >= 0.3 is 0 Å². The zero-order valence-electron chi connectivity index (χ0n) is 14.5. The number of benzene rings is 2. The predicted molar refractivity (Wildman–Crippen MR) is 103 cm³/mol. The summed E-state index contributed by atoms with van der Waals surface area (Å²) in [5, 5.41) is 16.0. The van der Waals surface area contributed by atoms with Gasteiger partial charge in [-0.3, -0.25) is 4.79 Å². The van der Waals surface area contributed by atoms with Crippen LogP contribution in [0.1, 0.15) is 22.0 Å². The third kappa shape index (κ3) is 4.82. The summed E-state index contributed by atoms with van der Waals surface area (Å²) in [6.07, 6.45) is -0.0491. The Balaban J connectivity index is 1.60. The lowest BCUT2D eigenvalue weighted by atomic mass is 10.1. The molecule has 28 heavy (non-hydrogen) atoms. The molecule has 0 saturated carbocycles. The van der Waals surface area contributed by atoms with Crippen LogP contribution in [0.3, 0.4) is 0 Å². The molecule has 8 heteroatoms. The molecule has 1 unspecified atom stereocenters. The van der Waals surface area contributed by atoms with Gasteiger partial charge in [0.2, 0.25) is 0 Å². The van der Waals surface area contributed by atoms with Crippen molar-refractivity contribution in [2.24, 2.45) is 0 Å². The van der Waals surface area contributed by atoms with Crippen LogP contribution in [0.15, 0.2) is 60.8 Å². The molecule has 5 nitrogen and oxygen atoms in total. The average molecular weight is 404 g/mol. The molecular weight excluding hydrogens is 388 g/mol. The van der Waals surface area contributed by atoms with Crippen molar-refractivity contribution in [2.75, 3.05) is 17.2 Å². The number of pyridine rings is 1. The number of carbonyl (C=O) groups excluding carboxylic acids is 1. The number of hydrogen-bond donors (Lipinski definition) is 3. The third-order valence-corrected chi connectivity index (χ3v) is 4.15. The van der Waals surface area contributed by atoms with Crippen LogP contribution >= 0.6 is 11.6 Å². The van der Waals surface area contributed by atoms with Crippen molar-refractivity contribution >= 4 is 29.0 Å². The summed E-state index contributed by atoms with van der Waals surface area (Å²) in [6.45, 7) is -0.154. The number of aliphatic hydroxyl groups is 1. The van der Waals surface area contributed by atoms with Crippen LogP contribution in [0.25, 0.3) is 0 Å². The Morgan fingerprint density at radius 1 is 1.11 bits per heavy atom. The molecular formula is C20H16ClF2N3O2. The first kappa shape index (κ1) is 19.7. The van der Waals surface area contributed by atoms with Gasteiger partial charge < -0.3 is 15.7 Å². The van der Waals surface area contributed by atoms with E-state index in [9.17, 15) is 18.7 Å². The van der Waals surface area contributed by atoms with Crippen LogP contribution in [0.2, 0.25) is 5.02 Å². The minimum atomic E-state index is -1.39. The first-order valence-electron chi connectivity index (χ1n) is 8.33. The monoisotopic (exact) mass is 403 g/mol. The Morgan fingerprint density at radius 2 is 1.82 bits per heavy atom. The lowest BCUT2D eigenvalue weighted by Gasteiger charge is -2.14. The Labute approximate surface area is 165 Å². The van der Waals surface area contributed by atoms with E-state index in [1.54, 1.807) is 24.3 Å². The van der Waals surface area contributed by atoms with Gasteiger partial charge in [0.05, 0.1) is 11.1 Å². The molecule has 1 heterocycles. The van der Waals surface area contributed by atoms with E-state index in [0.717, 1.165) is 12.1 Å². The normalized spacial score (nSPS) is 11.7. The summed E-state index contributed by atoms with van der Waals surface area (Å²) in [4.78, 5) is 16.3. The Bertz CT molecular complexity index is 963. The number of halogens is 3. The van der Waals surface area contributed by atoms with E-state index in [1.807, 2.05) is 0 Å². The topological polar surface area (TPSA) is 74.2 Å². The van der Waals surface area contributed by atoms with Gasteiger partial charge in [0.25, 0.3) is 5.91 Å². The van der Waals surface area contributed by atoms with Gasteiger partial charge in [-0.1, -0.05) is 23.7 Å². The smallest absolute Gasteiger partial charge is 0.257 e. The van der Waals surface area contributed by atoms with E-state index in [-0.39, 0.29) is 12.5 Å². The van der Waals surface area contributed by atoms with E-state index in [1.165, 1.54) is 24.4 Å². The lowest BCUT2D eigenvalue weighted by molar-refractivity contribution is 0.102. The lowest BCUT2D eigenvalue weighted by Crippen LogP contribution is -2.16. The maximum atomic E-state index is 13.7. The van der Waals surface area contributed by atoms with Gasteiger partial charge in [-0.15, -0.1) is 0 Å². The number of carbonyl (C=O) groups is 1. The minimum Gasteiger partial charge on any atom is -0.386 e. The first-order chi connectivity index (χ1) is 13.4. The molecule has 0 aliphatic carbocycles. The molecule has 0 bridgehead atoms. The standard InChI is InChI=1S/C20H16ClF2N3O2/c21-13-3-1-4-14(9-13)26-20(28)12-7-8-18(24-10-12)25-11-17(27)19-15(22)5-2-6-16(19)23/h1-10,17,27H,11H2,(H,24,25)(H,26,28). The van der Waals surface area contributed by atoms with Crippen LogP contribution in [-0.2, 0) is 0 Å². The van der Waals surface area contributed by atoms with E-state index >= 15 is 0 Å². The Kier molecular flexibility index (Phi) is 6.18. The highest BCUT2D eigenvalue weighted by molar-refractivity contribution is 6.30. The van der Waals surface area contributed by atoms with Gasteiger partial charge in [-0.05, 0) is 42.5 Å². The summed E-state index contributed by atoms with van der Waals surface area (Å²) in [5.41, 5.74) is 0.452. The number of aliphatic hydroxyl groups excluding tert-OH is 1. The second-order valence-electron chi connectivity index (χ2n) is 5.93. The highest BCUT2D eigenvalue weighted by Gasteiger charge is 2.17. The van der Waals surface area contributed by atoms with E-state index in [0.29, 0.717) is 22.1 Å². The molecule has 1 amide bonds. The maximum absolute atomic E-state index is 13.7. The van der Waals surface area contributed by atoms with Crippen molar-refractivity contribution in [1.82, 2.24) is 4.98 Å². The SMILES string of the molecule is O=C(Nc1cccc(Cl)c1)c1ccc(NCC(O)c2c(F)cccc2F)nc1. The van der Waals surface area contributed by atoms with Crippen LogP contribution in [0, 0.1) is 11.6 Å². The largest absolute Gasteiger partial charge is 0.386 e. The first-order valence-corrected chi connectivity index (χ1v) is 8.70. The number of aromatic nitrogens is 1. The van der Waals surface area contributed by atoms with Crippen molar-refractivity contribution in [2.45, 2.75) is 6.10 Å². The minimum absolute atomic E-state index is 0.154. The van der Waals surface area contributed by atoms with E-state index in [2.05, 4.69) is 15.6 Å². The fourth-order valence-corrected chi connectivity index (χ4v) is 2.72. The predicted octanol–water partition coefficient (Wildman–Crippen LogP) is 4.41. The molecule has 1 atom stereocenters. The number of hydrogen-bond acceptors (Lipinski definition) is 4. The van der Waals surface area contributed by atoms with Gasteiger partial charge in [-0.2, -0.15) is 0 Å². The van der Waals surface area contributed by atoms with Crippen LogP contribution < -0.4 is 10.6 Å². The fraction of sp³-hybridized carbons (Fsp3) is 0.100. The summed E-state index contributed by atoms with van der Waals surface area (Å²) in [5.74, 6) is -1.67. The second-order valence-corrected chi connectivity index (χ2v) is 6.37. The number of rotatable bonds is 6. The highest BCUT2D eigenvalue weighted by atomic mass is 35.5. The van der Waals surface area contributed by atoms with E-state index < -0.39 is 23.3 Å². The van der Waals surface area contributed by atoms with Gasteiger partial charge in [0.15, 0.2) is 0 Å². The number of nitrogens with one attached hydrogen (secondary N) is 2. The van der Waals surface area contributed by atoms with Crippen LogP contribution in [-0.4, -0.2) is 22.5 Å². The second kappa shape index (κ2) is 8.77. The molecule has 144 valence electrons. The van der Waals surface area contributed by atoms with Crippen molar-refractivity contribution < 1.29 is 18.7 Å². The Morgan fingerprint density at radius 3 is 2.46 bits per heavy atom. The van der Waals surface area contributed by atoms with Gasteiger partial charge in [0, 0.05) is 23.5 Å². The number of amides is 1. The maximum Gasteiger partial charge on any atom is 0.257 e. The summed E-state index contributed by atoms with van der Waals surface area (Å²) in [7, 11) is 0. The summed E-state index contributed by atoms with van der Waals surface area (Å²) in [6, 6.07) is 13.2. The Hall–Kier alpha value is -3.03. The van der Waals surface area contributed by atoms with Crippen molar-refractivity contribution in [3.05, 3.63) is 88.6 Å². The molecule has 0 saturated heterocycles. The molecule has 0 aliphatic rings. The average Bonchev–Trinajstić information content (AvgIpc) is 2.66. The highest BCUT2D eigenvalue weighted by Crippen LogP contribution is 2.21. The van der Waals surface area contributed by atoms with Crippen LogP contribution in [0.4, 0.5) is 20.3 Å². The zero-order valence-corrected chi connectivity index (χ0v) is 15.3. The quantitative estimate of drug-likeness (QED) is 0.570. The van der Waals surface area contributed by atoms with Crippen molar-refractivity contribution in [3.63, 3.8) is 0 Å². The van der Waals surface area contributed by atoms with E-state index in [4.69, 9.17) is 11.6 Å². The number of anilines is 2. The van der Waals surface area contributed by atoms with Crippen LogP contribution in [0.5, 0.6) is 0 Å². The molecule has 0 fully saturated rings. The molecule has 0 radical (unpaired) electrons. The third-order valence-electron chi connectivity index (χ3n) is 3.92. The van der Waals surface area contributed by atoms with Gasteiger partial charge in [0.1, 0.15) is 23.6 Å². The molecule has 3 aromatic rings. The zero-order chi connectivity index (χ0) is 20.1. The van der Waals surface area contributed by atoms with Gasteiger partial charge in [-0.25, -0.2) is 13.8 Å². The molecule has 3 N–H and O–H groups in total. The number of nitrogens with zero attached hydrogens (tertiary/aromatic N) is 1. The van der Waals surface area contributed by atoms with Crippen molar-refractivity contribution in [1.29, 1.82) is 0 Å². The molecule has 0 spiro atoms. The summed E-state index contributed by atoms with van der Waals surface area (Å²) >= 11 is 5.88.